The Kier molecular flexibility index (Phi) is 4.81. The smallest absolute Gasteiger partial charge is 0.306 e. The number of fused-ring (bicyclic) bond motifs is 3. The van der Waals surface area contributed by atoms with E-state index in [1.165, 1.54) is 13.2 Å². The van der Waals surface area contributed by atoms with Crippen molar-refractivity contribution in [1.29, 1.82) is 0 Å². The highest BCUT2D eigenvalue weighted by atomic mass is 19.3. The standard InChI is InChI=1S/C21H22F2N2O3/c1-13-14(2)25-10-9-16-18(20(25)24-13)28-17(15-7-5-4-6-8-15)19(21(16,22)23)27-12-11-26-3/h4-10,17,19H,11-12H2,1-3H3/t17-,19-/m1/s1. The Balaban J connectivity index is 1.87. The van der Waals surface area contributed by atoms with Crippen molar-refractivity contribution >= 4 is 5.65 Å². The fourth-order valence-corrected chi connectivity index (χ4v) is 3.56. The zero-order chi connectivity index (χ0) is 19.9. The summed E-state index contributed by atoms with van der Waals surface area (Å²) in [4.78, 5) is 4.46. The van der Waals surface area contributed by atoms with Crippen LogP contribution in [0, 0.1) is 13.8 Å². The molecule has 7 heteroatoms. The predicted molar refractivity (Wildman–Crippen MR) is 100.0 cm³/mol. The molecule has 0 bridgehead atoms. The largest absolute Gasteiger partial charge is 0.478 e. The summed E-state index contributed by atoms with van der Waals surface area (Å²) in [5.74, 6) is -3.15. The van der Waals surface area contributed by atoms with Gasteiger partial charge in [0.05, 0.1) is 24.5 Å². The second kappa shape index (κ2) is 7.14. The van der Waals surface area contributed by atoms with E-state index < -0.39 is 18.1 Å². The summed E-state index contributed by atoms with van der Waals surface area (Å²) in [6.45, 7) is 4.01. The van der Waals surface area contributed by atoms with E-state index in [0.29, 0.717) is 11.2 Å². The van der Waals surface area contributed by atoms with Gasteiger partial charge in [-0.05, 0) is 25.5 Å². The lowest BCUT2D eigenvalue weighted by molar-refractivity contribution is -0.197. The van der Waals surface area contributed by atoms with Crippen LogP contribution in [0.25, 0.3) is 5.65 Å². The minimum absolute atomic E-state index is 0.0443. The van der Waals surface area contributed by atoms with Crippen LogP contribution in [-0.4, -0.2) is 35.8 Å². The number of hydrogen-bond donors (Lipinski definition) is 0. The topological polar surface area (TPSA) is 45.0 Å². The van der Waals surface area contributed by atoms with Crippen LogP contribution in [0.5, 0.6) is 5.75 Å². The number of hydrogen-bond acceptors (Lipinski definition) is 4. The molecule has 0 amide bonds. The van der Waals surface area contributed by atoms with Gasteiger partial charge in [-0.25, -0.2) is 4.98 Å². The molecule has 4 rings (SSSR count). The van der Waals surface area contributed by atoms with Gasteiger partial charge in [-0.2, -0.15) is 8.78 Å². The van der Waals surface area contributed by atoms with Gasteiger partial charge >= 0.3 is 5.92 Å². The number of rotatable bonds is 5. The Morgan fingerprint density at radius 3 is 2.61 bits per heavy atom. The van der Waals surface area contributed by atoms with E-state index in [0.717, 1.165) is 11.4 Å². The molecule has 0 spiro atoms. The average molecular weight is 388 g/mol. The van der Waals surface area contributed by atoms with Crippen LogP contribution in [0.3, 0.4) is 0 Å². The third kappa shape index (κ3) is 2.95. The molecule has 2 aromatic heterocycles. The number of halogens is 2. The molecule has 148 valence electrons. The molecule has 0 unspecified atom stereocenters. The van der Waals surface area contributed by atoms with Crippen molar-refractivity contribution in [2.24, 2.45) is 0 Å². The van der Waals surface area contributed by atoms with Gasteiger partial charge in [-0.1, -0.05) is 30.3 Å². The van der Waals surface area contributed by atoms with Gasteiger partial charge in [0.25, 0.3) is 0 Å². The first-order valence-corrected chi connectivity index (χ1v) is 9.14. The predicted octanol–water partition coefficient (Wildman–Crippen LogP) is 4.21. The zero-order valence-electron chi connectivity index (χ0n) is 16.0. The summed E-state index contributed by atoms with van der Waals surface area (Å²) in [6, 6.07) is 10.3. The molecule has 1 aromatic carbocycles. The van der Waals surface area contributed by atoms with E-state index in [1.54, 1.807) is 34.9 Å². The number of aromatic nitrogens is 2. The number of nitrogens with zero attached hydrogens (tertiary/aromatic N) is 2. The van der Waals surface area contributed by atoms with E-state index in [9.17, 15) is 0 Å². The maximum Gasteiger partial charge on any atom is 0.306 e. The summed E-state index contributed by atoms with van der Waals surface area (Å²) in [5, 5.41) is 0. The van der Waals surface area contributed by atoms with Crippen molar-refractivity contribution < 1.29 is 23.0 Å². The number of methoxy groups -OCH3 is 1. The Morgan fingerprint density at radius 1 is 1.14 bits per heavy atom. The van der Waals surface area contributed by atoms with Gasteiger partial charge in [0.2, 0.25) is 0 Å². The molecule has 3 heterocycles. The number of pyridine rings is 1. The molecule has 0 saturated heterocycles. The van der Waals surface area contributed by atoms with Gasteiger partial charge in [0, 0.05) is 19.0 Å². The first-order valence-electron chi connectivity index (χ1n) is 9.14. The molecule has 28 heavy (non-hydrogen) atoms. The van der Waals surface area contributed by atoms with Crippen molar-refractivity contribution in [1.82, 2.24) is 9.38 Å². The summed E-state index contributed by atoms with van der Waals surface area (Å²) in [5.41, 5.74) is 2.47. The van der Waals surface area contributed by atoms with Crippen LogP contribution in [0.4, 0.5) is 8.78 Å². The Bertz CT molecular complexity index is 988. The minimum Gasteiger partial charge on any atom is -0.478 e. The normalized spacial score (nSPS) is 20.8. The lowest BCUT2D eigenvalue weighted by Crippen LogP contribution is -2.45. The van der Waals surface area contributed by atoms with E-state index in [4.69, 9.17) is 14.2 Å². The number of aryl methyl sites for hydroxylation is 2. The quantitative estimate of drug-likeness (QED) is 0.615. The highest BCUT2D eigenvalue weighted by Crippen LogP contribution is 2.50. The third-order valence-corrected chi connectivity index (χ3v) is 5.17. The summed E-state index contributed by atoms with van der Waals surface area (Å²) >= 11 is 0. The number of benzene rings is 1. The van der Waals surface area contributed by atoms with Gasteiger partial charge in [0.15, 0.2) is 23.6 Å². The van der Waals surface area contributed by atoms with Crippen LogP contribution >= 0.6 is 0 Å². The molecule has 0 fully saturated rings. The molecule has 3 aromatic rings. The van der Waals surface area contributed by atoms with Gasteiger partial charge < -0.3 is 18.6 Å². The second-order valence-corrected chi connectivity index (χ2v) is 6.89. The number of ether oxygens (including phenoxy) is 3. The van der Waals surface area contributed by atoms with E-state index >= 15 is 8.78 Å². The number of imidazole rings is 1. The summed E-state index contributed by atoms with van der Waals surface area (Å²) in [7, 11) is 1.50. The van der Waals surface area contributed by atoms with Crippen LogP contribution in [0.1, 0.15) is 28.6 Å². The molecule has 0 N–H and O–H groups in total. The van der Waals surface area contributed by atoms with E-state index in [2.05, 4.69) is 4.98 Å². The molecular formula is C21H22F2N2O3. The molecule has 2 atom stereocenters. The Labute approximate surface area is 161 Å². The van der Waals surface area contributed by atoms with E-state index in [-0.39, 0.29) is 24.5 Å². The maximum atomic E-state index is 15.6. The fourth-order valence-electron chi connectivity index (χ4n) is 3.56. The Hall–Kier alpha value is -2.51. The summed E-state index contributed by atoms with van der Waals surface area (Å²) in [6.07, 6.45) is -0.836. The molecule has 0 radical (unpaired) electrons. The molecule has 0 saturated carbocycles. The molecule has 1 aliphatic heterocycles. The van der Waals surface area contributed by atoms with Crippen molar-refractivity contribution in [2.45, 2.75) is 32.0 Å². The first-order chi connectivity index (χ1) is 13.4. The van der Waals surface area contributed by atoms with Crippen molar-refractivity contribution in [3.8, 4) is 5.75 Å². The summed E-state index contributed by atoms with van der Waals surface area (Å²) < 4.78 is 49.6. The molecular weight excluding hydrogens is 366 g/mol. The van der Waals surface area contributed by atoms with E-state index in [1.807, 2.05) is 19.9 Å². The monoisotopic (exact) mass is 388 g/mol. The van der Waals surface area contributed by atoms with Gasteiger partial charge in [-0.15, -0.1) is 0 Å². The molecule has 1 aliphatic rings. The van der Waals surface area contributed by atoms with Crippen molar-refractivity contribution in [3.63, 3.8) is 0 Å². The maximum absolute atomic E-state index is 15.6. The highest BCUT2D eigenvalue weighted by molar-refractivity contribution is 5.62. The average Bonchev–Trinajstić information content (AvgIpc) is 2.98. The first kappa shape index (κ1) is 18.8. The van der Waals surface area contributed by atoms with Crippen LogP contribution in [-0.2, 0) is 15.4 Å². The van der Waals surface area contributed by atoms with Crippen molar-refractivity contribution in [3.05, 3.63) is 65.1 Å². The van der Waals surface area contributed by atoms with Gasteiger partial charge in [0.1, 0.15) is 0 Å². The van der Waals surface area contributed by atoms with Crippen LogP contribution in [0.15, 0.2) is 42.6 Å². The Morgan fingerprint density at radius 2 is 1.89 bits per heavy atom. The third-order valence-electron chi connectivity index (χ3n) is 5.17. The lowest BCUT2D eigenvalue weighted by Gasteiger charge is -2.39. The van der Waals surface area contributed by atoms with Crippen LogP contribution in [0.2, 0.25) is 0 Å². The van der Waals surface area contributed by atoms with Gasteiger partial charge in [-0.3, -0.25) is 0 Å². The fraction of sp³-hybridized carbons (Fsp3) is 0.381. The second-order valence-electron chi connectivity index (χ2n) is 6.89. The number of alkyl halides is 2. The molecule has 5 nitrogen and oxygen atoms in total. The van der Waals surface area contributed by atoms with Crippen LogP contribution < -0.4 is 4.74 Å². The lowest BCUT2D eigenvalue weighted by atomic mass is 9.91. The highest BCUT2D eigenvalue weighted by Gasteiger charge is 2.54. The molecule has 0 aliphatic carbocycles. The zero-order valence-corrected chi connectivity index (χ0v) is 16.0. The minimum atomic E-state index is -3.25. The van der Waals surface area contributed by atoms with Crippen molar-refractivity contribution in [2.75, 3.05) is 20.3 Å². The SMILES string of the molecule is COCCO[C@@H]1[C@@H](c2ccccc2)Oc2c(ccn3c(C)c(C)nc23)C1(F)F.